The van der Waals surface area contributed by atoms with E-state index in [1.807, 2.05) is 12.1 Å². The fourth-order valence-corrected chi connectivity index (χ4v) is 3.52. The number of ether oxygens (including phenoxy) is 1. The van der Waals surface area contributed by atoms with Crippen molar-refractivity contribution in [2.75, 3.05) is 13.7 Å². The summed E-state index contributed by atoms with van der Waals surface area (Å²) in [5, 5.41) is 4.60. The van der Waals surface area contributed by atoms with Crippen LogP contribution in [-0.4, -0.2) is 18.6 Å². The van der Waals surface area contributed by atoms with Gasteiger partial charge in [0.05, 0.1) is 18.8 Å². The SMILES string of the molecule is CCNC(c1nc(C)c(C)s1)c1cc(OC)ccc1Br. The van der Waals surface area contributed by atoms with E-state index in [4.69, 9.17) is 9.72 Å². The second kappa shape index (κ2) is 6.70. The minimum atomic E-state index is 0.0851. The van der Waals surface area contributed by atoms with Crippen molar-refractivity contribution in [1.82, 2.24) is 10.3 Å². The van der Waals surface area contributed by atoms with E-state index in [1.54, 1.807) is 18.4 Å². The number of nitrogens with zero attached hydrogens (tertiary/aromatic N) is 1. The Hall–Kier alpha value is -0.910. The number of thiazole rings is 1. The predicted octanol–water partition coefficient (Wildman–Crippen LogP) is 4.23. The van der Waals surface area contributed by atoms with Crippen LogP contribution in [0.4, 0.5) is 0 Å². The Bertz CT molecular complexity index is 578. The van der Waals surface area contributed by atoms with Crippen LogP contribution < -0.4 is 10.1 Å². The maximum atomic E-state index is 5.34. The van der Waals surface area contributed by atoms with Crippen molar-refractivity contribution in [3.8, 4) is 5.75 Å². The highest BCUT2D eigenvalue weighted by Crippen LogP contribution is 2.34. The van der Waals surface area contributed by atoms with Crippen LogP contribution in [0.1, 0.15) is 34.1 Å². The Kier molecular flexibility index (Phi) is 5.18. The molecule has 3 nitrogen and oxygen atoms in total. The minimum absolute atomic E-state index is 0.0851. The van der Waals surface area contributed by atoms with Crippen LogP contribution in [0.25, 0.3) is 0 Å². The third-order valence-electron chi connectivity index (χ3n) is 3.21. The lowest BCUT2D eigenvalue weighted by molar-refractivity contribution is 0.413. The van der Waals surface area contributed by atoms with Crippen LogP contribution >= 0.6 is 27.3 Å². The van der Waals surface area contributed by atoms with Gasteiger partial charge in [0.25, 0.3) is 0 Å². The molecule has 0 fully saturated rings. The summed E-state index contributed by atoms with van der Waals surface area (Å²) in [5.74, 6) is 0.858. The molecule has 1 atom stereocenters. The van der Waals surface area contributed by atoms with Crippen molar-refractivity contribution in [1.29, 1.82) is 0 Å². The summed E-state index contributed by atoms with van der Waals surface area (Å²) in [6.07, 6.45) is 0. The van der Waals surface area contributed by atoms with Crippen molar-refractivity contribution in [3.63, 3.8) is 0 Å². The molecule has 20 heavy (non-hydrogen) atoms. The first-order chi connectivity index (χ1) is 9.56. The Morgan fingerprint density at radius 2 is 2.15 bits per heavy atom. The first-order valence-corrected chi connectivity index (χ1v) is 8.18. The topological polar surface area (TPSA) is 34.2 Å². The van der Waals surface area contributed by atoms with Gasteiger partial charge >= 0.3 is 0 Å². The third-order valence-corrected chi connectivity index (χ3v) is 5.07. The summed E-state index contributed by atoms with van der Waals surface area (Å²) in [5.41, 5.74) is 2.26. The number of methoxy groups -OCH3 is 1. The maximum absolute atomic E-state index is 5.34. The molecule has 5 heteroatoms. The van der Waals surface area contributed by atoms with Gasteiger partial charge in [-0.05, 0) is 44.2 Å². The molecule has 0 amide bonds. The van der Waals surface area contributed by atoms with Crippen LogP contribution in [0.5, 0.6) is 5.75 Å². The number of aryl methyl sites for hydroxylation is 2. The van der Waals surface area contributed by atoms with Gasteiger partial charge in [0.1, 0.15) is 10.8 Å². The highest BCUT2D eigenvalue weighted by Gasteiger charge is 2.20. The number of benzene rings is 1. The molecule has 0 saturated carbocycles. The monoisotopic (exact) mass is 354 g/mol. The summed E-state index contributed by atoms with van der Waals surface area (Å²) in [6, 6.07) is 6.12. The number of rotatable bonds is 5. The summed E-state index contributed by atoms with van der Waals surface area (Å²) in [4.78, 5) is 5.96. The van der Waals surface area contributed by atoms with Crippen LogP contribution in [-0.2, 0) is 0 Å². The Labute approximate surface area is 132 Å². The van der Waals surface area contributed by atoms with E-state index >= 15 is 0 Å². The molecule has 0 spiro atoms. The van der Waals surface area contributed by atoms with E-state index < -0.39 is 0 Å². The fourth-order valence-electron chi connectivity index (χ4n) is 2.03. The van der Waals surface area contributed by atoms with Gasteiger partial charge in [-0.1, -0.05) is 22.9 Å². The molecule has 0 aliphatic carbocycles. The molecule has 1 N–H and O–H groups in total. The van der Waals surface area contributed by atoms with Gasteiger partial charge < -0.3 is 10.1 Å². The van der Waals surface area contributed by atoms with Crippen LogP contribution in [0, 0.1) is 13.8 Å². The number of aromatic nitrogens is 1. The summed E-state index contributed by atoms with van der Waals surface area (Å²) in [7, 11) is 1.69. The predicted molar refractivity (Wildman–Crippen MR) is 87.8 cm³/mol. The quantitative estimate of drug-likeness (QED) is 0.872. The van der Waals surface area contributed by atoms with Crippen molar-refractivity contribution >= 4 is 27.3 Å². The zero-order valence-electron chi connectivity index (χ0n) is 12.2. The fraction of sp³-hybridized carbons (Fsp3) is 0.400. The van der Waals surface area contributed by atoms with Gasteiger partial charge in [-0.3, -0.25) is 0 Å². The smallest absolute Gasteiger partial charge is 0.119 e. The zero-order valence-corrected chi connectivity index (χ0v) is 14.6. The molecular formula is C15H19BrN2OS. The van der Waals surface area contributed by atoms with E-state index in [0.717, 1.165) is 33.0 Å². The normalized spacial score (nSPS) is 12.4. The highest BCUT2D eigenvalue weighted by molar-refractivity contribution is 9.10. The maximum Gasteiger partial charge on any atom is 0.119 e. The lowest BCUT2D eigenvalue weighted by atomic mass is 10.1. The largest absolute Gasteiger partial charge is 0.497 e. The molecule has 1 unspecified atom stereocenters. The molecule has 0 bridgehead atoms. The van der Waals surface area contributed by atoms with Crippen LogP contribution in [0.2, 0.25) is 0 Å². The number of hydrogen-bond donors (Lipinski definition) is 1. The Morgan fingerprint density at radius 3 is 2.70 bits per heavy atom. The standard InChI is InChI=1S/C15H19BrN2OS/c1-5-17-14(15-18-9(2)10(3)20-15)12-8-11(19-4)6-7-13(12)16/h6-8,14,17H,5H2,1-4H3. The van der Waals surface area contributed by atoms with E-state index in [1.165, 1.54) is 4.88 Å². The van der Waals surface area contributed by atoms with E-state index in [9.17, 15) is 0 Å². The van der Waals surface area contributed by atoms with Crippen molar-refractivity contribution in [3.05, 3.63) is 43.8 Å². The average molecular weight is 355 g/mol. The van der Waals surface area contributed by atoms with Crippen molar-refractivity contribution in [2.24, 2.45) is 0 Å². The molecule has 0 saturated heterocycles. The van der Waals surface area contributed by atoms with Crippen LogP contribution in [0.15, 0.2) is 22.7 Å². The molecular weight excluding hydrogens is 336 g/mol. The average Bonchev–Trinajstić information content (AvgIpc) is 2.77. The van der Waals surface area contributed by atoms with Crippen molar-refractivity contribution in [2.45, 2.75) is 26.8 Å². The summed E-state index contributed by atoms with van der Waals surface area (Å²) < 4.78 is 6.40. The molecule has 2 aromatic rings. The first-order valence-electron chi connectivity index (χ1n) is 6.57. The second-order valence-corrected chi connectivity index (χ2v) is 6.66. The van der Waals surface area contributed by atoms with Crippen LogP contribution in [0.3, 0.4) is 0 Å². The highest BCUT2D eigenvalue weighted by atomic mass is 79.9. The molecule has 2 rings (SSSR count). The second-order valence-electron chi connectivity index (χ2n) is 4.57. The number of nitrogens with one attached hydrogen (secondary N) is 1. The molecule has 1 aromatic heterocycles. The number of hydrogen-bond acceptors (Lipinski definition) is 4. The van der Waals surface area contributed by atoms with Gasteiger partial charge in [0, 0.05) is 9.35 Å². The van der Waals surface area contributed by atoms with E-state index in [-0.39, 0.29) is 6.04 Å². The summed E-state index contributed by atoms with van der Waals surface area (Å²) >= 11 is 5.38. The first kappa shape index (κ1) is 15.5. The molecule has 0 aliphatic heterocycles. The van der Waals surface area contributed by atoms with E-state index in [0.29, 0.717) is 0 Å². The minimum Gasteiger partial charge on any atom is -0.497 e. The lowest BCUT2D eigenvalue weighted by Crippen LogP contribution is -2.22. The van der Waals surface area contributed by atoms with Gasteiger partial charge in [-0.25, -0.2) is 4.98 Å². The molecule has 0 aliphatic rings. The summed E-state index contributed by atoms with van der Waals surface area (Å²) in [6.45, 7) is 7.15. The zero-order chi connectivity index (χ0) is 14.7. The number of halogens is 1. The molecule has 108 valence electrons. The third kappa shape index (κ3) is 3.22. The van der Waals surface area contributed by atoms with Gasteiger partial charge in [0.2, 0.25) is 0 Å². The Morgan fingerprint density at radius 1 is 1.40 bits per heavy atom. The Balaban J connectivity index is 2.47. The lowest BCUT2D eigenvalue weighted by Gasteiger charge is -2.18. The van der Waals surface area contributed by atoms with Gasteiger partial charge in [0.15, 0.2) is 0 Å². The molecule has 1 aromatic carbocycles. The van der Waals surface area contributed by atoms with Crippen molar-refractivity contribution < 1.29 is 4.74 Å². The molecule has 0 radical (unpaired) electrons. The van der Waals surface area contributed by atoms with Gasteiger partial charge in [-0.2, -0.15) is 0 Å². The van der Waals surface area contributed by atoms with Gasteiger partial charge in [-0.15, -0.1) is 11.3 Å². The molecule has 1 heterocycles. The van der Waals surface area contributed by atoms with E-state index in [2.05, 4.69) is 48.1 Å².